The zero-order chi connectivity index (χ0) is 13.5. The number of fused-ring (bicyclic) bond motifs is 1. The Balaban J connectivity index is 1.95. The lowest BCUT2D eigenvalue weighted by molar-refractivity contribution is -0.132. The van der Waals surface area contributed by atoms with Crippen LogP contribution in [-0.2, 0) is 17.6 Å². The molecule has 19 heavy (non-hydrogen) atoms. The molecule has 98 valence electrons. The summed E-state index contributed by atoms with van der Waals surface area (Å²) in [5, 5.41) is 20.6. The van der Waals surface area contributed by atoms with E-state index in [1.54, 1.807) is 0 Å². The molecule has 0 unspecified atom stereocenters. The monoisotopic (exact) mass is 255 g/mol. The molecule has 1 aromatic rings. The van der Waals surface area contributed by atoms with Gasteiger partial charge in [0.2, 0.25) is 0 Å². The zero-order valence-corrected chi connectivity index (χ0v) is 10.9. The van der Waals surface area contributed by atoms with E-state index in [9.17, 15) is 15.2 Å². The minimum atomic E-state index is -1.02. The number of aliphatic hydroxyl groups is 1. The molecule has 0 atom stereocenters. The van der Waals surface area contributed by atoms with Crippen molar-refractivity contribution >= 4 is 5.78 Å². The van der Waals surface area contributed by atoms with Crippen LogP contribution in [0.3, 0.4) is 0 Å². The van der Waals surface area contributed by atoms with E-state index in [0.29, 0.717) is 38.5 Å². The molecule has 0 spiro atoms. The first kappa shape index (κ1) is 12.4. The first-order valence-electron chi connectivity index (χ1n) is 6.81. The van der Waals surface area contributed by atoms with Crippen LogP contribution >= 0.6 is 0 Å². The van der Waals surface area contributed by atoms with Crippen LogP contribution in [0.15, 0.2) is 24.3 Å². The van der Waals surface area contributed by atoms with Gasteiger partial charge in [-0.25, -0.2) is 0 Å². The van der Waals surface area contributed by atoms with Crippen LogP contribution in [0.4, 0.5) is 0 Å². The molecule has 3 heteroatoms. The summed E-state index contributed by atoms with van der Waals surface area (Å²) >= 11 is 0. The van der Waals surface area contributed by atoms with E-state index in [0.717, 1.165) is 11.1 Å². The lowest BCUT2D eigenvalue weighted by Crippen LogP contribution is -2.50. The van der Waals surface area contributed by atoms with Crippen molar-refractivity contribution in [3.8, 4) is 6.07 Å². The second-order valence-corrected chi connectivity index (χ2v) is 5.89. The van der Waals surface area contributed by atoms with Gasteiger partial charge in [0.1, 0.15) is 5.78 Å². The third kappa shape index (κ3) is 1.79. The molecule has 2 aliphatic carbocycles. The van der Waals surface area contributed by atoms with Gasteiger partial charge in [-0.05, 0) is 36.8 Å². The van der Waals surface area contributed by atoms with E-state index >= 15 is 0 Å². The number of carbonyl (C=O) groups excluding carboxylic acids is 1. The SMILES string of the molecule is N#CC1(C2(O)CCC(=O)CC2)Cc2ccccc2C1. The van der Waals surface area contributed by atoms with Crippen LogP contribution in [0.2, 0.25) is 0 Å². The minimum Gasteiger partial charge on any atom is -0.388 e. The Morgan fingerprint density at radius 3 is 2.11 bits per heavy atom. The lowest BCUT2D eigenvalue weighted by atomic mass is 9.64. The fourth-order valence-electron chi connectivity index (χ4n) is 3.55. The number of nitrogens with zero attached hydrogens (tertiary/aromatic N) is 1. The van der Waals surface area contributed by atoms with Gasteiger partial charge in [-0.15, -0.1) is 0 Å². The summed E-state index contributed by atoms with van der Waals surface area (Å²) in [5.74, 6) is 0.202. The second kappa shape index (κ2) is 4.18. The number of carbonyl (C=O) groups is 1. The summed E-state index contributed by atoms with van der Waals surface area (Å²) < 4.78 is 0. The third-order valence-electron chi connectivity index (χ3n) is 4.84. The van der Waals surface area contributed by atoms with Crippen molar-refractivity contribution in [1.29, 1.82) is 5.26 Å². The third-order valence-corrected chi connectivity index (χ3v) is 4.84. The first-order chi connectivity index (χ1) is 9.09. The molecule has 1 saturated carbocycles. The van der Waals surface area contributed by atoms with Crippen molar-refractivity contribution in [2.45, 2.75) is 44.1 Å². The maximum Gasteiger partial charge on any atom is 0.133 e. The van der Waals surface area contributed by atoms with E-state index < -0.39 is 11.0 Å². The van der Waals surface area contributed by atoms with Gasteiger partial charge in [0, 0.05) is 12.8 Å². The van der Waals surface area contributed by atoms with E-state index in [-0.39, 0.29) is 5.78 Å². The topological polar surface area (TPSA) is 61.1 Å². The van der Waals surface area contributed by atoms with E-state index in [1.165, 1.54) is 0 Å². The fourth-order valence-corrected chi connectivity index (χ4v) is 3.55. The lowest BCUT2D eigenvalue weighted by Gasteiger charge is -2.42. The van der Waals surface area contributed by atoms with E-state index in [1.807, 2.05) is 24.3 Å². The molecule has 0 heterocycles. The summed E-state index contributed by atoms with van der Waals surface area (Å²) in [6.45, 7) is 0. The van der Waals surface area contributed by atoms with Gasteiger partial charge in [0.25, 0.3) is 0 Å². The van der Waals surface area contributed by atoms with Crippen LogP contribution < -0.4 is 0 Å². The number of hydrogen-bond acceptors (Lipinski definition) is 3. The number of ketones is 1. The van der Waals surface area contributed by atoms with Gasteiger partial charge in [-0.1, -0.05) is 24.3 Å². The zero-order valence-electron chi connectivity index (χ0n) is 10.9. The van der Waals surface area contributed by atoms with Crippen molar-refractivity contribution in [3.05, 3.63) is 35.4 Å². The Kier molecular flexibility index (Phi) is 2.72. The Bertz CT molecular complexity index is 535. The standard InChI is InChI=1S/C16H17NO2/c17-11-15(16(19)7-5-14(18)6-8-16)9-12-3-1-2-4-13(12)10-15/h1-4,19H,5-10H2. The van der Waals surface area contributed by atoms with Crippen LogP contribution in [0.5, 0.6) is 0 Å². The minimum absolute atomic E-state index is 0.202. The van der Waals surface area contributed by atoms with Gasteiger partial charge in [-0.2, -0.15) is 5.26 Å². The molecule has 1 fully saturated rings. The largest absolute Gasteiger partial charge is 0.388 e. The molecule has 0 radical (unpaired) electrons. The Labute approximate surface area is 112 Å². The molecule has 0 amide bonds. The molecule has 1 N–H and O–H groups in total. The summed E-state index contributed by atoms with van der Waals surface area (Å²) in [6.07, 6.45) is 2.85. The van der Waals surface area contributed by atoms with Crippen molar-refractivity contribution in [1.82, 2.24) is 0 Å². The molecule has 3 rings (SSSR count). The smallest absolute Gasteiger partial charge is 0.133 e. The summed E-state index contributed by atoms with van der Waals surface area (Å²) in [4.78, 5) is 11.4. The molecule has 0 bridgehead atoms. The number of Topliss-reactive ketones (excluding diaryl/α,β-unsaturated/α-hetero) is 1. The quantitative estimate of drug-likeness (QED) is 0.836. The average Bonchev–Trinajstić information content (AvgIpc) is 2.83. The van der Waals surface area contributed by atoms with Gasteiger partial charge >= 0.3 is 0 Å². The highest BCUT2D eigenvalue weighted by Crippen LogP contribution is 2.49. The molecule has 0 saturated heterocycles. The van der Waals surface area contributed by atoms with Crippen molar-refractivity contribution < 1.29 is 9.90 Å². The summed E-state index contributed by atoms with van der Waals surface area (Å²) in [5.41, 5.74) is 0.551. The highest BCUT2D eigenvalue weighted by molar-refractivity contribution is 5.79. The van der Waals surface area contributed by atoms with Crippen LogP contribution in [-0.4, -0.2) is 16.5 Å². The van der Waals surface area contributed by atoms with Crippen LogP contribution in [0, 0.1) is 16.7 Å². The van der Waals surface area contributed by atoms with Gasteiger partial charge in [0.05, 0.1) is 17.1 Å². The number of nitriles is 1. The number of hydrogen-bond donors (Lipinski definition) is 1. The molecule has 0 aromatic heterocycles. The maximum atomic E-state index is 11.4. The van der Waals surface area contributed by atoms with Gasteiger partial charge in [-0.3, -0.25) is 4.79 Å². The van der Waals surface area contributed by atoms with E-state index in [2.05, 4.69) is 6.07 Å². The van der Waals surface area contributed by atoms with Crippen molar-refractivity contribution in [2.75, 3.05) is 0 Å². The Hall–Kier alpha value is -1.66. The van der Waals surface area contributed by atoms with E-state index in [4.69, 9.17) is 0 Å². The molecule has 1 aromatic carbocycles. The van der Waals surface area contributed by atoms with Crippen LogP contribution in [0.1, 0.15) is 36.8 Å². The van der Waals surface area contributed by atoms with Crippen molar-refractivity contribution in [3.63, 3.8) is 0 Å². The summed E-state index contributed by atoms with van der Waals surface area (Å²) in [6, 6.07) is 10.4. The molecular formula is C16H17NO2. The Morgan fingerprint density at radius 2 is 1.63 bits per heavy atom. The highest BCUT2D eigenvalue weighted by atomic mass is 16.3. The van der Waals surface area contributed by atoms with Gasteiger partial charge < -0.3 is 5.11 Å². The molecular weight excluding hydrogens is 238 g/mol. The summed E-state index contributed by atoms with van der Waals surface area (Å²) in [7, 11) is 0. The first-order valence-corrected chi connectivity index (χ1v) is 6.81. The predicted molar refractivity (Wildman–Crippen MR) is 70.3 cm³/mol. The average molecular weight is 255 g/mol. The highest BCUT2D eigenvalue weighted by Gasteiger charge is 2.54. The van der Waals surface area contributed by atoms with Crippen molar-refractivity contribution in [2.24, 2.45) is 5.41 Å². The van der Waals surface area contributed by atoms with Crippen LogP contribution in [0.25, 0.3) is 0 Å². The van der Waals surface area contributed by atoms with Gasteiger partial charge in [0.15, 0.2) is 0 Å². The number of rotatable bonds is 1. The maximum absolute atomic E-state index is 11.4. The normalized spacial score (nSPS) is 23.7. The second-order valence-electron chi connectivity index (χ2n) is 5.89. The predicted octanol–water partition coefficient (Wildman–Crippen LogP) is 2.17. The molecule has 2 aliphatic rings. The fraction of sp³-hybridized carbons (Fsp3) is 0.500. The molecule has 3 nitrogen and oxygen atoms in total. The Morgan fingerprint density at radius 1 is 1.11 bits per heavy atom. The molecule has 0 aliphatic heterocycles. The number of benzene rings is 1.